The fraction of sp³-hybridized carbons (Fsp3) is 0.200. The van der Waals surface area contributed by atoms with Crippen LogP contribution in [0.4, 0.5) is 0 Å². The standard InChI is InChI=1S/C20H19N3O3/c1-13-8-15(3)18(9-14(13)2)19(24)10-26-20(25)16-4-6-17(7-5-16)23-12-21-11-22-23/h4-9,11-12H,10H2,1-3H3. The lowest BCUT2D eigenvalue weighted by atomic mass is 9.98. The molecule has 0 aliphatic carbocycles. The van der Waals surface area contributed by atoms with Crippen LogP contribution < -0.4 is 0 Å². The Labute approximate surface area is 151 Å². The topological polar surface area (TPSA) is 74.1 Å². The van der Waals surface area contributed by atoms with Crippen molar-refractivity contribution in [2.45, 2.75) is 20.8 Å². The summed E-state index contributed by atoms with van der Waals surface area (Å²) in [7, 11) is 0. The Morgan fingerprint density at radius 1 is 1.00 bits per heavy atom. The zero-order valence-electron chi connectivity index (χ0n) is 14.9. The van der Waals surface area contributed by atoms with E-state index < -0.39 is 5.97 Å². The van der Waals surface area contributed by atoms with Crippen LogP contribution in [0.25, 0.3) is 5.69 Å². The zero-order valence-corrected chi connectivity index (χ0v) is 14.9. The van der Waals surface area contributed by atoms with Crippen molar-refractivity contribution in [3.05, 3.63) is 76.9 Å². The van der Waals surface area contributed by atoms with E-state index in [1.54, 1.807) is 35.3 Å². The third kappa shape index (κ3) is 3.69. The first-order valence-corrected chi connectivity index (χ1v) is 8.19. The molecular weight excluding hydrogens is 330 g/mol. The van der Waals surface area contributed by atoms with Crippen LogP contribution in [0.5, 0.6) is 0 Å². The van der Waals surface area contributed by atoms with Gasteiger partial charge in [0.15, 0.2) is 6.61 Å². The van der Waals surface area contributed by atoms with E-state index in [-0.39, 0.29) is 12.4 Å². The number of carbonyl (C=O) groups excluding carboxylic acids is 2. The Hall–Kier alpha value is -3.28. The number of benzene rings is 2. The quantitative estimate of drug-likeness (QED) is 0.522. The van der Waals surface area contributed by atoms with Gasteiger partial charge in [0.2, 0.25) is 5.78 Å². The van der Waals surface area contributed by atoms with E-state index in [0.717, 1.165) is 22.4 Å². The molecule has 0 saturated carbocycles. The normalized spacial score (nSPS) is 10.6. The van der Waals surface area contributed by atoms with E-state index in [9.17, 15) is 9.59 Å². The van der Waals surface area contributed by atoms with Gasteiger partial charge in [-0.3, -0.25) is 4.79 Å². The summed E-state index contributed by atoms with van der Waals surface area (Å²) < 4.78 is 6.76. The van der Waals surface area contributed by atoms with Gasteiger partial charge in [0.05, 0.1) is 11.3 Å². The number of ketones is 1. The molecule has 0 amide bonds. The lowest BCUT2D eigenvalue weighted by molar-refractivity contribution is 0.0474. The van der Waals surface area contributed by atoms with Crippen molar-refractivity contribution in [1.82, 2.24) is 14.8 Å². The molecule has 0 N–H and O–H groups in total. The van der Waals surface area contributed by atoms with E-state index in [1.165, 1.54) is 6.33 Å². The Kier molecular flexibility index (Phi) is 4.93. The Balaban J connectivity index is 1.65. The van der Waals surface area contributed by atoms with Crippen LogP contribution in [0.2, 0.25) is 0 Å². The van der Waals surface area contributed by atoms with Crippen LogP contribution in [0.15, 0.2) is 49.1 Å². The summed E-state index contributed by atoms with van der Waals surface area (Å²) in [5.74, 6) is -0.747. The highest BCUT2D eigenvalue weighted by atomic mass is 16.5. The molecule has 0 spiro atoms. The van der Waals surface area contributed by atoms with Crippen LogP contribution in [-0.4, -0.2) is 33.1 Å². The van der Waals surface area contributed by atoms with Gasteiger partial charge >= 0.3 is 5.97 Å². The number of hydrogen-bond acceptors (Lipinski definition) is 5. The summed E-state index contributed by atoms with van der Waals surface area (Å²) in [5, 5.41) is 4.02. The number of ether oxygens (including phenoxy) is 1. The van der Waals surface area contributed by atoms with Crippen molar-refractivity contribution in [2.75, 3.05) is 6.61 Å². The molecule has 3 rings (SSSR count). The summed E-state index contributed by atoms with van der Waals surface area (Å²) in [6.07, 6.45) is 3.00. The second-order valence-electron chi connectivity index (χ2n) is 6.14. The highest BCUT2D eigenvalue weighted by Gasteiger charge is 2.14. The molecule has 0 bridgehead atoms. The lowest BCUT2D eigenvalue weighted by Crippen LogP contribution is -2.15. The molecule has 132 valence electrons. The fourth-order valence-electron chi connectivity index (χ4n) is 2.64. The maximum atomic E-state index is 12.4. The predicted molar refractivity (Wildman–Crippen MR) is 96.6 cm³/mol. The summed E-state index contributed by atoms with van der Waals surface area (Å²) in [6.45, 7) is 5.55. The molecule has 6 heteroatoms. The van der Waals surface area contributed by atoms with Crippen molar-refractivity contribution < 1.29 is 14.3 Å². The molecule has 0 unspecified atom stereocenters. The molecule has 0 atom stereocenters. The van der Waals surface area contributed by atoms with E-state index in [4.69, 9.17) is 4.74 Å². The van der Waals surface area contributed by atoms with Crippen LogP contribution in [0.3, 0.4) is 0 Å². The van der Waals surface area contributed by atoms with Gasteiger partial charge in [-0.05, 0) is 67.8 Å². The number of aromatic nitrogens is 3. The van der Waals surface area contributed by atoms with Crippen LogP contribution in [0.1, 0.15) is 37.4 Å². The molecule has 0 aliphatic rings. The molecule has 3 aromatic rings. The average molecular weight is 349 g/mol. The molecule has 6 nitrogen and oxygen atoms in total. The zero-order chi connectivity index (χ0) is 18.7. The molecule has 0 saturated heterocycles. The van der Waals surface area contributed by atoms with Gasteiger partial charge in [-0.1, -0.05) is 6.07 Å². The Morgan fingerprint density at radius 2 is 1.69 bits per heavy atom. The minimum Gasteiger partial charge on any atom is -0.454 e. The van der Waals surface area contributed by atoms with Crippen molar-refractivity contribution >= 4 is 11.8 Å². The van der Waals surface area contributed by atoms with Crippen molar-refractivity contribution in [2.24, 2.45) is 0 Å². The Bertz CT molecular complexity index is 945. The molecular formula is C20H19N3O3. The van der Waals surface area contributed by atoms with Gasteiger partial charge < -0.3 is 4.74 Å². The second kappa shape index (κ2) is 7.31. The van der Waals surface area contributed by atoms with Gasteiger partial charge in [-0.15, -0.1) is 0 Å². The second-order valence-corrected chi connectivity index (χ2v) is 6.14. The van der Waals surface area contributed by atoms with Gasteiger partial charge in [-0.2, -0.15) is 5.10 Å². The lowest BCUT2D eigenvalue weighted by Gasteiger charge is -2.10. The molecule has 1 heterocycles. The molecule has 0 radical (unpaired) electrons. The van der Waals surface area contributed by atoms with E-state index in [2.05, 4.69) is 10.1 Å². The number of nitrogens with zero attached hydrogens (tertiary/aromatic N) is 3. The Morgan fingerprint density at radius 3 is 2.35 bits per heavy atom. The third-order valence-corrected chi connectivity index (χ3v) is 4.26. The summed E-state index contributed by atoms with van der Waals surface area (Å²) >= 11 is 0. The number of carbonyl (C=O) groups is 2. The van der Waals surface area contributed by atoms with Gasteiger partial charge in [0.1, 0.15) is 12.7 Å². The summed E-state index contributed by atoms with van der Waals surface area (Å²) in [6, 6.07) is 10.5. The highest BCUT2D eigenvalue weighted by molar-refractivity contribution is 6.00. The van der Waals surface area contributed by atoms with Crippen LogP contribution in [0, 0.1) is 20.8 Å². The van der Waals surface area contributed by atoms with E-state index in [0.29, 0.717) is 11.1 Å². The number of hydrogen-bond donors (Lipinski definition) is 0. The number of rotatable bonds is 5. The maximum absolute atomic E-state index is 12.4. The number of esters is 1. The average Bonchev–Trinajstić information content (AvgIpc) is 3.17. The largest absolute Gasteiger partial charge is 0.454 e. The first-order valence-electron chi connectivity index (χ1n) is 8.19. The number of aryl methyl sites for hydroxylation is 3. The minimum atomic E-state index is -0.537. The molecule has 0 aliphatic heterocycles. The third-order valence-electron chi connectivity index (χ3n) is 4.26. The van der Waals surface area contributed by atoms with Crippen LogP contribution >= 0.6 is 0 Å². The van der Waals surface area contributed by atoms with Crippen molar-refractivity contribution in [3.8, 4) is 5.69 Å². The minimum absolute atomic E-state index is 0.210. The SMILES string of the molecule is Cc1cc(C)c(C(=O)COC(=O)c2ccc(-n3cncn3)cc2)cc1C. The van der Waals surface area contributed by atoms with Gasteiger partial charge in [-0.25, -0.2) is 14.5 Å². The highest BCUT2D eigenvalue weighted by Crippen LogP contribution is 2.16. The fourth-order valence-corrected chi connectivity index (χ4v) is 2.64. The first kappa shape index (κ1) is 17.5. The van der Waals surface area contributed by atoms with E-state index in [1.807, 2.05) is 32.9 Å². The number of Topliss-reactive ketones (excluding diaryl/α,β-unsaturated/α-hetero) is 1. The summed E-state index contributed by atoms with van der Waals surface area (Å²) in [5.41, 5.74) is 4.78. The molecule has 1 aromatic heterocycles. The first-order chi connectivity index (χ1) is 12.5. The smallest absolute Gasteiger partial charge is 0.338 e. The van der Waals surface area contributed by atoms with E-state index >= 15 is 0 Å². The van der Waals surface area contributed by atoms with Crippen molar-refractivity contribution in [1.29, 1.82) is 0 Å². The van der Waals surface area contributed by atoms with Crippen LogP contribution in [-0.2, 0) is 4.74 Å². The summed E-state index contributed by atoms with van der Waals surface area (Å²) in [4.78, 5) is 28.4. The van der Waals surface area contributed by atoms with Gasteiger partial charge in [0, 0.05) is 5.56 Å². The molecule has 2 aromatic carbocycles. The van der Waals surface area contributed by atoms with Crippen molar-refractivity contribution in [3.63, 3.8) is 0 Å². The predicted octanol–water partition coefficient (Wildman–Crippen LogP) is 3.23. The van der Waals surface area contributed by atoms with Gasteiger partial charge in [0.25, 0.3) is 0 Å². The molecule has 0 fully saturated rings. The maximum Gasteiger partial charge on any atom is 0.338 e. The monoisotopic (exact) mass is 349 g/mol. The molecule has 26 heavy (non-hydrogen) atoms.